The highest BCUT2D eigenvalue weighted by molar-refractivity contribution is 5.68. The second-order valence-corrected chi connectivity index (χ2v) is 8.51. The summed E-state index contributed by atoms with van der Waals surface area (Å²) in [6, 6.07) is 0.423. The second-order valence-electron chi connectivity index (χ2n) is 8.51. The number of carbonyl (C=O) groups is 1. The van der Waals surface area contributed by atoms with Crippen molar-refractivity contribution in [3.8, 4) is 0 Å². The van der Waals surface area contributed by atoms with Crippen LogP contribution in [0.5, 0.6) is 0 Å². The monoisotopic (exact) mass is 342 g/mol. The lowest BCUT2D eigenvalue weighted by Crippen LogP contribution is -2.56. The number of likely N-dealkylation sites (tertiary alicyclic amines) is 1. The van der Waals surface area contributed by atoms with Crippen LogP contribution in [0.3, 0.4) is 0 Å². The molecule has 5 heteroatoms. The molecule has 0 aromatic heterocycles. The van der Waals surface area contributed by atoms with E-state index in [1.807, 2.05) is 25.7 Å². The van der Waals surface area contributed by atoms with Gasteiger partial charge in [0.05, 0.1) is 0 Å². The quantitative estimate of drug-likeness (QED) is 0.681. The summed E-state index contributed by atoms with van der Waals surface area (Å²) in [4.78, 5) is 14.1. The molecule has 1 amide bonds. The zero-order valence-corrected chi connectivity index (χ0v) is 16.6. The molecule has 5 nitrogen and oxygen atoms in total. The predicted octanol–water partition coefficient (Wildman–Crippen LogP) is 3.82. The largest absolute Gasteiger partial charge is 0.444 e. The molecule has 1 atom stereocenters. The fourth-order valence-electron chi connectivity index (χ4n) is 3.02. The highest BCUT2D eigenvalue weighted by Crippen LogP contribution is 2.30. The zero-order chi connectivity index (χ0) is 18.2. The highest BCUT2D eigenvalue weighted by Gasteiger charge is 2.38. The average Bonchev–Trinajstić information content (AvgIpc) is 2.45. The standard InChI is InChI=1S/C19H38N2O3/c1-7-8-13-23-14-9-11-20-16-10-12-21(15-19(16,5)6)17(22)24-18(2,3)4/h16,20H,7-15H2,1-6H3. The van der Waals surface area contributed by atoms with Crippen molar-refractivity contribution in [1.82, 2.24) is 10.2 Å². The predicted molar refractivity (Wildman–Crippen MR) is 98.3 cm³/mol. The molecule has 1 fully saturated rings. The van der Waals surface area contributed by atoms with Gasteiger partial charge in [-0.2, -0.15) is 0 Å². The Bertz CT molecular complexity index is 377. The van der Waals surface area contributed by atoms with Gasteiger partial charge in [0.15, 0.2) is 0 Å². The van der Waals surface area contributed by atoms with Gasteiger partial charge in [-0.1, -0.05) is 27.2 Å². The summed E-state index contributed by atoms with van der Waals surface area (Å²) >= 11 is 0. The Balaban J connectivity index is 2.32. The van der Waals surface area contributed by atoms with E-state index in [0.29, 0.717) is 6.04 Å². The van der Waals surface area contributed by atoms with E-state index >= 15 is 0 Å². The van der Waals surface area contributed by atoms with Crippen molar-refractivity contribution in [2.75, 3.05) is 32.8 Å². The molecule has 1 N–H and O–H groups in total. The number of rotatable bonds is 8. The number of nitrogens with one attached hydrogen (secondary N) is 1. The van der Waals surface area contributed by atoms with Gasteiger partial charge < -0.3 is 19.7 Å². The van der Waals surface area contributed by atoms with E-state index in [1.54, 1.807) is 0 Å². The fourth-order valence-corrected chi connectivity index (χ4v) is 3.02. The number of amides is 1. The molecule has 1 saturated heterocycles. The zero-order valence-electron chi connectivity index (χ0n) is 16.6. The topological polar surface area (TPSA) is 50.8 Å². The van der Waals surface area contributed by atoms with Gasteiger partial charge in [-0.3, -0.25) is 0 Å². The number of piperidine rings is 1. The van der Waals surface area contributed by atoms with Crippen LogP contribution >= 0.6 is 0 Å². The molecule has 0 aliphatic carbocycles. The van der Waals surface area contributed by atoms with Gasteiger partial charge in [-0.15, -0.1) is 0 Å². The molecule has 0 aromatic carbocycles. The van der Waals surface area contributed by atoms with E-state index in [2.05, 4.69) is 26.1 Å². The first-order valence-corrected chi connectivity index (χ1v) is 9.45. The summed E-state index contributed by atoms with van der Waals surface area (Å²) in [5, 5.41) is 3.65. The molecule has 1 heterocycles. The van der Waals surface area contributed by atoms with E-state index in [4.69, 9.17) is 9.47 Å². The van der Waals surface area contributed by atoms with Gasteiger partial charge in [0.1, 0.15) is 5.60 Å². The summed E-state index contributed by atoms with van der Waals surface area (Å²) in [6.45, 7) is 16.5. The second kappa shape index (κ2) is 9.62. The number of hydrogen-bond acceptors (Lipinski definition) is 4. The third kappa shape index (κ3) is 7.84. The highest BCUT2D eigenvalue weighted by atomic mass is 16.6. The van der Waals surface area contributed by atoms with Gasteiger partial charge in [-0.25, -0.2) is 4.79 Å². The maximum Gasteiger partial charge on any atom is 0.410 e. The molecule has 0 aromatic rings. The van der Waals surface area contributed by atoms with Gasteiger partial charge >= 0.3 is 6.09 Å². The summed E-state index contributed by atoms with van der Waals surface area (Å²) < 4.78 is 11.1. The Hall–Kier alpha value is -0.810. The van der Waals surface area contributed by atoms with Gasteiger partial charge in [0.2, 0.25) is 0 Å². The first-order chi connectivity index (χ1) is 11.2. The Morgan fingerprint density at radius 3 is 2.50 bits per heavy atom. The minimum absolute atomic E-state index is 0.0399. The smallest absolute Gasteiger partial charge is 0.410 e. The number of ether oxygens (including phenoxy) is 2. The Kier molecular flexibility index (Phi) is 8.51. The van der Waals surface area contributed by atoms with Gasteiger partial charge in [-0.05, 0) is 52.0 Å². The van der Waals surface area contributed by atoms with Crippen LogP contribution in [0.1, 0.15) is 67.2 Å². The van der Waals surface area contributed by atoms with E-state index in [-0.39, 0.29) is 11.5 Å². The fraction of sp³-hybridized carbons (Fsp3) is 0.947. The third-order valence-electron chi connectivity index (χ3n) is 4.38. The number of nitrogens with zero attached hydrogens (tertiary/aromatic N) is 1. The Labute approximate surface area is 148 Å². The lowest BCUT2D eigenvalue weighted by Gasteiger charge is -2.44. The molecule has 0 bridgehead atoms. The molecule has 1 aliphatic heterocycles. The van der Waals surface area contributed by atoms with Crippen molar-refractivity contribution in [2.24, 2.45) is 5.41 Å². The lowest BCUT2D eigenvalue weighted by atomic mass is 9.79. The number of carbonyl (C=O) groups excluding carboxylic acids is 1. The van der Waals surface area contributed by atoms with Crippen LogP contribution in [0.15, 0.2) is 0 Å². The molecule has 0 spiro atoms. The normalized spacial score (nSPS) is 20.9. The molecular weight excluding hydrogens is 304 g/mol. The first-order valence-electron chi connectivity index (χ1n) is 9.45. The van der Waals surface area contributed by atoms with Crippen molar-refractivity contribution in [3.63, 3.8) is 0 Å². The first kappa shape index (κ1) is 21.2. The lowest BCUT2D eigenvalue weighted by molar-refractivity contribution is 0.00208. The van der Waals surface area contributed by atoms with Crippen molar-refractivity contribution in [2.45, 2.75) is 78.9 Å². The summed E-state index contributed by atoms with van der Waals surface area (Å²) in [5.41, 5.74) is -0.397. The van der Waals surface area contributed by atoms with Crippen LogP contribution in [-0.4, -0.2) is 55.5 Å². The van der Waals surface area contributed by atoms with Crippen LogP contribution in [0.2, 0.25) is 0 Å². The third-order valence-corrected chi connectivity index (χ3v) is 4.38. The molecule has 1 rings (SSSR count). The molecule has 1 aliphatic rings. The van der Waals surface area contributed by atoms with Gasteiger partial charge in [0, 0.05) is 32.3 Å². The van der Waals surface area contributed by atoms with E-state index in [9.17, 15) is 4.79 Å². The maximum atomic E-state index is 12.3. The van der Waals surface area contributed by atoms with E-state index < -0.39 is 5.60 Å². The maximum absolute atomic E-state index is 12.3. The van der Waals surface area contributed by atoms with Crippen LogP contribution in [0, 0.1) is 5.41 Å². The summed E-state index contributed by atoms with van der Waals surface area (Å²) in [5.74, 6) is 0. The Morgan fingerprint density at radius 1 is 1.25 bits per heavy atom. The van der Waals surface area contributed by atoms with E-state index in [0.717, 1.165) is 52.1 Å². The van der Waals surface area contributed by atoms with Crippen molar-refractivity contribution in [3.05, 3.63) is 0 Å². The average molecular weight is 343 g/mol. The van der Waals surface area contributed by atoms with Crippen molar-refractivity contribution >= 4 is 6.09 Å². The molecule has 24 heavy (non-hydrogen) atoms. The number of hydrogen-bond donors (Lipinski definition) is 1. The minimum atomic E-state index is -0.436. The summed E-state index contributed by atoms with van der Waals surface area (Å²) in [6.07, 6.45) is 4.12. The van der Waals surface area contributed by atoms with Crippen LogP contribution in [0.25, 0.3) is 0 Å². The molecule has 142 valence electrons. The SMILES string of the molecule is CCCCOCCCNC1CCN(C(=O)OC(C)(C)C)CC1(C)C. The summed E-state index contributed by atoms with van der Waals surface area (Å²) in [7, 11) is 0. The molecule has 0 saturated carbocycles. The Morgan fingerprint density at radius 2 is 1.92 bits per heavy atom. The molecule has 0 radical (unpaired) electrons. The molecule has 1 unspecified atom stereocenters. The van der Waals surface area contributed by atoms with Crippen LogP contribution in [0.4, 0.5) is 4.79 Å². The van der Waals surface area contributed by atoms with Crippen molar-refractivity contribution < 1.29 is 14.3 Å². The van der Waals surface area contributed by atoms with Crippen LogP contribution in [-0.2, 0) is 9.47 Å². The van der Waals surface area contributed by atoms with Crippen molar-refractivity contribution in [1.29, 1.82) is 0 Å². The van der Waals surface area contributed by atoms with E-state index in [1.165, 1.54) is 6.42 Å². The van der Waals surface area contributed by atoms with Crippen LogP contribution < -0.4 is 5.32 Å². The van der Waals surface area contributed by atoms with Gasteiger partial charge in [0.25, 0.3) is 0 Å². The minimum Gasteiger partial charge on any atom is -0.444 e. The molecular formula is C19H38N2O3. The number of unbranched alkanes of at least 4 members (excludes halogenated alkanes) is 1.